The van der Waals surface area contributed by atoms with Crippen molar-refractivity contribution in [2.45, 2.75) is 32.7 Å². The highest BCUT2D eigenvalue weighted by Crippen LogP contribution is 2.39. The molecule has 3 nitrogen and oxygen atoms in total. The van der Waals surface area contributed by atoms with E-state index in [0.29, 0.717) is 12.6 Å². The largest absolute Gasteiger partial charge is 0.342 e. The normalized spacial score (nSPS) is 17.8. The molecule has 5 heteroatoms. The summed E-state index contributed by atoms with van der Waals surface area (Å²) in [6.45, 7) is 5.98. The molecule has 0 saturated heterocycles. The molecule has 1 atom stereocenters. The summed E-state index contributed by atoms with van der Waals surface area (Å²) >= 11 is 7.68. The number of hydrogen-bond acceptors (Lipinski definition) is 3. The number of nitrogens with zero attached hydrogens (tertiary/aromatic N) is 1. The molecule has 0 fully saturated rings. The molecule has 0 radical (unpaired) electrons. The van der Waals surface area contributed by atoms with Gasteiger partial charge in [0.05, 0.1) is 10.9 Å². The minimum atomic E-state index is 0.176. The van der Waals surface area contributed by atoms with Crippen LogP contribution in [-0.2, 0) is 11.2 Å². The molecule has 1 heterocycles. The summed E-state index contributed by atoms with van der Waals surface area (Å²) in [4.78, 5) is 15.1. The van der Waals surface area contributed by atoms with Gasteiger partial charge in [-0.1, -0.05) is 11.6 Å². The highest BCUT2D eigenvalue weighted by atomic mass is 35.5. The van der Waals surface area contributed by atoms with Crippen LogP contribution in [0.5, 0.6) is 0 Å². The lowest BCUT2D eigenvalue weighted by Gasteiger charge is -2.20. The van der Waals surface area contributed by atoms with E-state index in [1.54, 1.807) is 11.3 Å². The molecule has 18 heavy (non-hydrogen) atoms. The van der Waals surface area contributed by atoms with Crippen LogP contribution in [0.3, 0.4) is 0 Å². The highest BCUT2D eigenvalue weighted by molar-refractivity contribution is 7.16. The molecule has 1 aliphatic carbocycles. The number of aryl methyl sites for hydroxylation is 1. The molecule has 1 aromatic heterocycles. The number of likely N-dealkylation sites (N-methyl/N-ethyl adjacent to an activating group) is 1. The number of fused-ring (bicyclic) bond motifs is 1. The van der Waals surface area contributed by atoms with Crippen LogP contribution in [0.25, 0.3) is 0 Å². The summed E-state index contributed by atoms with van der Waals surface area (Å²) in [6.07, 6.45) is 2.15. The number of halogens is 1. The third-order valence-electron chi connectivity index (χ3n) is 3.46. The predicted molar refractivity (Wildman–Crippen MR) is 76.3 cm³/mol. The van der Waals surface area contributed by atoms with Crippen LogP contribution in [0, 0.1) is 0 Å². The first kappa shape index (κ1) is 13.8. The second-order valence-corrected chi connectivity index (χ2v) is 6.24. The first-order chi connectivity index (χ1) is 8.65. The summed E-state index contributed by atoms with van der Waals surface area (Å²) in [7, 11) is 0. The zero-order valence-electron chi connectivity index (χ0n) is 10.8. The minimum absolute atomic E-state index is 0.176. The molecule has 1 unspecified atom stereocenters. The fourth-order valence-electron chi connectivity index (χ4n) is 2.44. The van der Waals surface area contributed by atoms with Crippen molar-refractivity contribution in [3.05, 3.63) is 20.8 Å². The van der Waals surface area contributed by atoms with Crippen molar-refractivity contribution in [1.29, 1.82) is 0 Å². The molecule has 0 aliphatic heterocycles. The van der Waals surface area contributed by atoms with E-state index < -0.39 is 0 Å². The quantitative estimate of drug-likeness (QED) is 0.903. The van der Waals surface area contributed by atoms with E-state index in [0.717, 1.165) is 30.3 Å². The van der Waals surface area contributed by atoms with Crippen LogP contribution >= 0.6 is 22.9 Å². The Balaban J connectivity index is 1.90. The Morgan fingerprint density at radius 3 is 2.94 bits per heavy atom. The van der Waals surface area contributed by atoms with Crippen molar-refractivity contribution < 1.29 is 4.79 Å². The summed E-state index contributed by atoms with van der Waals surface area (Å²) in [6, 6.07) is 2.33. The first-order valence-electron chi connectivity index (χ1n) is 6.45. The molecule has 1 aliphatic rings. The monoisotopic (exact) mass is 286 g/mol. The molecule has 0 aromatic carbocycles. The Morgan fingerprint density at radius 1 is 1.56 bits per heavy atom. The molecule has 100 valence electrons. The van der Waals surface area contributed by atoms with Gasteiger partial charge in [0, 0.05) is 24.0 Å². The van der Waals surface area contributed by atoms with Gasteiger partial charge in [0.25, 0.3) is 0 Å². The third-order valence-corrected chi connectivity index (χ3v) is 4.80. The molecule has 1 aromatic rings. The number of thiophene rings is 1. The SMILES string of the molecule is CCN(CC)C(=O)CNC1CCc2sc(Cl)cc21. The van der Waals surface area contributed by atoms with Gasteiger partial charge in [-0.15, -0.1) is 11.3 Å². The van der Waals surface area contributed by atoms with Gasteiger partial charge in [0.1, 0.15) is 0 Å². The highest BCUT2D eigenvalue weighted by Gasteiger charge is 2.25. The lowest BCUT2D eigenvalue weighted by molar-refractivity contribution is -0.130. The Labute approximate surface area is 117 Å². The Hall–Kier alpha value is -0.580. The van der Waals surface area contributed by atoms with Gasteiger partial charge in [-0.05, 0) is 38.3 Å². The molecule has 2 rings (SSSR count). The molecular formula is C13H19ClN2OS. The Morgan fingerprint density at radius 2 is 2.28 bits per heavy atom. The maximum Gasteiger partial charge on any atom is 0.236 e. The lowest BCUT2D eigenvalue weighted by Crippen LogP contribution is -2.38. The number of hydrogen-bond donors (Lipinski definition) is 1. The molecule has 1 N–H and O–H groups in total. The standard InChI is InChI=1S/C13H19ClN2OS/c1-3-16(4-2)13(17)8-15-10-5-6-11-9(10)7-12(14)18-11/h7,10,15H,3-6,8H2,1-2H3. The topological polar surface area (TPSA) is 32.3 Å². The summed E-state index contributed by atoms with van der Waals surface area (Å²) in [5.74, 6) is 0.176. The summed E-state index contributed by atoms with van der Waals surface area (Å²) in [5.41, 5.74) is 1.29. The Kier molecular flexibility index (Phi) is 4.65. The second-order valence-electron chi connectivity index (χ2n) is 4.47. The number of carbonyl (C=O) groups excluding carboxylic acids is 1. The van der Waals surface area contributed by atoms with Crippen molar-refractivity contribution >= 4 is 28.8 Å². The number of carbonyl (C=O) groups is 1. The van der Waals surface area contributed by atoms with Gasteiger partial charge in [-0.2, -0.15) is 0 Å². The number of rotatable bonds is 5. The van der Waals surface area contributed by atoms with Gasteiger partial charge >= 0.3 is 0 Å². The van der Waals surface area contributed by atoms with Crippen LogP contribution in [0.1, 0.15) is 36.8 Å². The molecule has 0 spiro atoms. The fraction of sp³-hybridized carbons (Fsp3) is 0.615. The molecular weight excluding hydrogens is 268 g/mol. The molecule has 0 bridgehead atoms. The van der Waals surface area contributed by atoms with E-state index in [2.05, 4.69) is 5.32 Å². The van der Waals surface area contributed by atoms with Gasteiger partial charge < -0.3 is 10.2 Å². The maximum atomic E-state index is 11.9. The zero-order valence-corrected chi connectivity index (χ0v) is 12.4. The number of nitrogens with one attached hydrogen (secondary N) is 1. The summed E-state index contributed by atoms with van der Waals surface area (Å²) < 4.78 is 0.849. The zero-order chi connectivity index (χ0) is 13.1. The van der Waals surface area contributed by atoms with Crippen LogP contribution < -0.4 is 5.32 Å². The fourth-order valence-corrected chi connectivity index (χ4v) is 3.80. The van der Waals surface area contributed by atoms with E-state index in [4.69, 9.17) is 11.6 Å². The lowest BCUT2D eigenvalue weighted by atomic mass is 10.2. The van der Waals surface area contributed by atoms with Crippen molar-refractivity contribution in [3.63, 3.8) is 0 Å². The minimum Gasteiger partial charge on any atom is -0.342 e. The van der Waals surface area contributed by atoms with E-state index in [-0.39, 0.29) is 5.91 Å². The van der Waals surface area contributed by atoms with E-state index in [9.17, 15) is 4.79 Å². The average Bonchev–Trinajstić information content (AvgIpc) is 2.87. The van der Waals surface area contributed by atoms with E-state index in [1.165, 1.54) is 10.4 Å². The van der Waals surface area contributed by atoms with E-state index in [1.807, 2.05) is 24.8 Å². The van der Waals surface area contributed by atoms with Gasteiger partial charge in [-0.3, -0.25) is 4.79 Å². The Bertz CT molecular complexity index is 429. The molecule has 1 amide bonds. The van der Waals surface area contributed by atoms with Crippen molar-refractivity contribution in [2.75, 3.05) is 19.6 Å². The maximum absolute atomic E-state index is 11.9. The van der Waals surface area contributed by atoms with Crippen LogP contribution in [-0.4, -0.2) is 30.4 Å². The van der Waals surface area contributed by atoms with Gasteiger partial charge in [-0.25, -0.2) is 0 Å². The van der Waals surface area contributed by atoms with Crippen LogP contribution in [0.15, 0.2) is 6.07 Å². The van der Waals surface area contributed by atoms with Crippen molar-refractivity contribution in [2.24, 2.45) is 0 Å². The predicted octanol–water partition coefficient (Wildman–Crippen LogP) is 2.85. The van der Waals surface area contributed by atoms with Crippen LogP contribution in [0.4, 0.5) is 0 Å². The summed E-state index contributed by atoms with van der Waals surface area (Å²) in [5, 5.41) is 3.36. The second kappa shape index (κ2) is 6.04. The smallest absolute Gasteiger partial charge is 0.236 e. The molecule has 0 saturated carbocycles. The average molecular weight is 287 g/mol. The van der Waals surface area contributed by atoms with Crippen molar-refractivity contribution in [1.82, 2.24) is 10.2 Å². The van der Waals surface area contributed by atoms with Crippen LogP contribution in [0.2, 0.25) is 4.34 Å². The van der Waals surface area contributed by atoms with E-state index >= 15 is 0 Å². The number of amides is 1. The first-order valence-corrected chi connectivity index (χ1v) is 7.64. The third kappa shape index (κ3) is 2.87. The van der Waals surface area contributed by atoms with Crippen molar-refractivity contribution in [3.8, 4) is 0 Å². The van der Waals surface area contributed by atoms with Gasteiger partial charge in [0.15, 0.2) is 0 Å². The van der Waals surface area contributed by atoms with Gasteiger partial charge in [0.2, 0.25) is 5.91 Å².